The number of ketones is 1. The molecule has 2 aliphatic rings. The van der Waals surface area contributed by atoms with Crippen LogP contribution in [-0.4, -0.2) is 16.3 Å². The third-order valence-corrected chi connectivity index (χ3v) is 4.63. The molecule has 22 heavy (non-hydrogen) atoms. The smallest absolute Gasteiger partial charge is 0.199 e. The molecule has 4 rings (SSSR count). The third-order valence-electron chi connectivity index (χ3n) is 3.50. The minimum absolute atomic E-state index is 0.228. The van der Waals surface area contributed by atoms with E-state index < -0.39 is 11.3 Å². The number of halogens is 1. The first kappa shape index (κ1) is 13.3. The number of thioether (sulfide) groups is 1. The predicted molar refractivity (Wildman–Crippen MR) is 83.8 cm³/mol. The van der Waals surface area contributed by atoms with Crippen molar-refractivity contribution < 1.29 is 13.9 Å². The van der Waals surface area contributed by atoms with Gasteiger partial charge < -0.3 is 4.74 Å². The number of rotatable bonds is 1. The van der Waals surface area contributed by atoms with Crippen LogP contribution in [0.25, 0.3) is 0 Å². The van der Waals surface area contributed by atoms with Crippen LogP contribution in [-0.2, 0) is 0 Å². The molecule has 2 aliphatic heterocycles. The Kier molecular flexibility index (Phi) is 3.08. The zero-order valence-electron chi connectivity index (χ0n) is 11.3. The number of carbonyl (C=O) groups excluding carboxylic acids is 1. The molecule has 108 valence electrons. The highest BCUT2D eigenvalue weighted by Crippen LogP contribution is 2.38. The van der Waals surface area contributed by atoms with Gasteiger partial charge in [-0.2, -0.15) is 0 Å². The molecular formula is C17H10FNO2S. The molecule has 3 nitrogen and oxygen atoms in total. The summed E-state index contributed by atoms with van der Waals surface area (Å²) < 4.78 is 19.2. The third kappa shape index (κ3) is 2.14. The van der Waals surface area contributed by atoms with Gasteiger partial charge in [-0.1, -0.05) is 42.1 Å². The molecule has 0 radical (unpaired) electrons. The Morgan fingerprint density at radius 1 is 1.14 bits per heavy atom. The number of nitrogens with zero attached hydrogens (tertiary/aromatic N) is 1. The summed E-state index contributed by atoms with van der Waals surface area (Å²) >= 11 is 1.38. The van der Waals surface area contributed by atoms with Crippen molar-refractivity contribution in [2.24, 2.45) is 4.99 Å². The monoisotopic (exact) mass is 311 g/mol. The van der Waals surface area contributed by atoms with Crippen molar-refractivity contribution in [3.63, 3.8) is 0 Å². The van der Waals surface area contributed by atoms with Gasteiger partial charge in [0.25, 0.3) is 0 Å². The van der Waals surface area contributed by atoms with Crippen molar-refractivity contribution in [3.8, 4) is 5.75 Å². The van der Waals surface area contributed by atoms with Crippen molar-refractivity contribution in [1.29, 1.82) is 0 Å². The summed E-state index contributed by atoms with van der Waals surface area (Å²) in [7, 11) is 0. The molecule has 1 unspecified atom stereocenters. The summed E-state index contributed by atoms with van der Waals surface area (Å²) in [6, 6.07) is 13.7. The fourth-order valence-electron chi connectivity index (χ4n) is 2.41. The Bertz CT molecular complexity index is 830. The number of hydrogen-bond donors (Lipinski definition) is 0. The van der Waals surface area contributed by atoms with Crippen LogP contribution in [0.15, 0.2) is 65.3 Å². The van der Waals surface area contributed by atoms with Crippen LogP contribution in [0.4, 0.5) is 4.39 Å². The van der Waals surface area contributed by atoms with E-state index in [0.717, 1.165) is 10.6 Å². The van der Waals surface area contributed by atoms with E-state index in [1.165, 1.54) is 36.2 Å². The fourth-order valence-corrected chi connectivity index (χ4v) is 3.45. The highest BCUT2D eigenvalue weighted by atomic mass is 32.2. The van der Waals surface area contributed by atoms with Gasteiger partial charge in [0.05, 0.1) is 11.1 Å². The molecule has 2 aromatic carbocycles. The first-order chi connectivity index (χ1) is 10.7. The minimum Gasteiger partial charge on any atom is -0.474 e. The first-order valence-electron chi connectivity index (χ1n) is 6.73. The molecule has 0 amide bonds. The maximum Gasteiger partial charge on any atom is 0.199 e. The number of carbonyl (C=O) groups is 1. The van der Waals surface area contributed by atoms with Crippen LogP contribution in [0.3, 0.4) is 0 Å². The summed E-state index contributed by atoms with van der Waals surface area (Å²) in [4.78, 5) is 16.8. The highest BCUT2D eigenvalue weighted by molar-refractivity contribution is 8.15. The summed E-state index contributed by atoms with van der Waals surface area (Å²) in [6.07, 6.45) is 1.53. The average Bonchev–Trinajstić information content (AvgIpc) is 2.56. The molecule has 0 saturated carbocycles. The van der Waals surface area contributed by atoms with Gasteiger partial charge in [-0.3, -0.25) is 4.79 Å². The predicted octanol–water partition coefficient (Wildman–Crippen LogP) is 3.80. The fraction of sp³-hybridized carbons (Fsp3) is 0.0588. The Labute approximate surface area is 130 Å². The molecule has 0 spiro atoms. The van der Waals surface area contributed by atoms with E-state index >= 15 is 0 Å². The Morgan fingerprint density at radius 3 is 2.77 bits per heavy atom. The van der Waals surface area contributed by atoms with E-state index in [1.807, 2.05) is 30.3 Å². The summed E-state index contributed by atoms with van der Waals surface area (Å²) in [5, 5.41) is 0.799. The molecule has 0 fully saturated rings. The molecule has 0 N–H and O–H groups in total. The number of fused-ring (bicyclic) bond motifs is 2. The van der Waals surface area contributed by atoms with Crippen molar-refractivity contribution in [1.82, 2.24) is 0 Å². The maximum absolute atomic E-state index is 13.3. The standard InChI is InChI=1S/C17H10FNO2S/c18-11-6-7-14-12(8-11)15(20)13-9-19-16(22-17(13)21-14)10-4-2-1-3-5-10/h1-9,17H. The van der Waals surface area contributed by atoms with Gasteiger partial charge in [0.1, 0.15) is 16.6 Å². The minimum atomic E-state index is -0.452. The van der Waals surface area contributed by atoms with E-state index in [1.54, 1.807) is 0 Å². The van der Waals surface area contributed by atoms with E-state index in [0.29, 0.717) is 11.3 Å². The molecule has 0 bridgehead atoms. The maximum atomic E-state index is 13.3. The number of ether oxygens (including phenoxy) is 1. The van der Waals surface area contributed by atoms with Crippen LogP contribution in [0, 0.1) is 5.82 Å². The number of benzene rings is 2. The van der Waals surface area contributed by atoms with E-state index in [2.05, 4.69) is 4.99 Å². The first-order valence-corrected chi connectivity index (χ1v) is 7.61. The lowest BCUT2D eigenvalue weighted by atomic mass is 10.0. The topological polar surface area (TPSA) is 38.7 Å². The molecule has 1 atom stereocenters. The number of Topliss-reactive ketones (excluding diaryl/α,β-unsaturated/α-hetero) is 1. The summed E-state index contributed by atoms with van der Waals surface area (Å²) in [6.45, 7) is 0. The molecule has 5 heteroatoms. The van der Waals surface area contributed by atoms with Gasteiger partial charge in [0.15, 0.2) is 11.2 Å². The summed E-state index contributed by atoms with van der Waals surface area (Å²) in [5.74, 6) is -0.267. The quantitative estimate of drug-likeness (QED) is 0.804. The highest BCUT2D eigenvalue weighted by Gasteiger charge is 2.35. The van der Waals surface area contributed by atoms with Crippen molar-refractivity contribution in [3.05, 3.63) is 77.2 Å². The zero-order valence-corrected chi connectivity index (χ0v) is 12.1. The molecule has 2 aromatic rings. The normalized spacial score (nSPS) is 19.5. The molecule has 0 aromatic heterocycles. The Morgan fingerprint density at radius 2 is 1.95 bits per heavy atom. The second-order valence-electron chi connectivity index (χ2n) is 4.92. The van der Waals surface area contributed by atoms with Crippen molar-refractivity contribution >= 4 is 22.6 Å². The summed E-state index contributed by atoms with van der Waals surface area (Å²) in [5.41, 5.74) is 1.23. The average molecular weight is 311 g/mol. The second kappa shape index (κ2) is 5.10. The van der Waals surface area contributed by atoms with Crippen LogP contribution in [0.2, 0.25) is 0 Å². The van der Waals surface area contributed by atoms with Crippen LogP contribution in [0.5, 0.6) is 5.75 Å². The van der Waals surface area contributed by atoms with Gasteiger partial charge in [-0.25, -0.2) is 9.38 Å². The SMILES string of the molecule is O=C1C2=CN=C(c3ccccc3)SC2Oc2ccc(F)cc21. The van der Waals surface area contributed by atoms with Crippen LogP contribution < -0.4 is 4.74 Å². The van der Waals surface area contributed by atoms with E-state index in [9.17, 15) is 9.18 Å². The second-order valence-corrected chi connectivity index (χ2v) is 5.97. The Hall–Kier alpha value is -2.40. The van der Waals surface area contributed by atoms with E-state index in [4.69, 9.17) is 4.74 Å². The van der Waals surface area contributed by atoms with Crippen LogP contribution in [0.1, 0.15) is 15.9 Å². The number of hydrogen-bond acceptors (Lipinski definition) is 4. The molecular weight excluding hydrogens is 301 g/mol. The van der Waals surface area contributed by atoms with Gasteiger partial charge >= 0.3 is 0 Å². The van der Waals surface area contributed by atoms with Crippen LogP contribution >= 0.6 is 11.8 Å². The lowest BCUT2D eigenvalue weighted by molar-refractivity contribution is 0.0990. The Balaban J connectivity index is 1.74. The number of aliphatic imine (C=N–C) groups is 1. The molecule has 0 aliphatic carbocycles. The van der Waals surface area contributed by atoms with Gasteiger partial charge in [-0.15, -0.1) is 0 Å². The van der Waals surface area contributed by atoms with Gasteiger partial charge in [0.2, 0.25) is 0 Å². The lowest BCUT2D eigenvalue weighted by Crippen LogP contribution is -2.30. The van der Waals surface area contributed by atoms with Crippen molar-refractivity contribution in [2.75, 3.05) is 0 Å². The van der Waals surface area contributed by atoms with Crippen molar-refractivity contribution in [2.45, 2.75) is 5.44 Å². The van der Waals surface area contributed by atoms with Gasteiger partial charge in [-0.05, 0) is 18.2 Å². The molecule has 2 heterocycles. The largest absolute Gasteiger partial charge is 0.474 e. The molecule has 0 saturated heterocycles. The lowest BCUT2D eigenvalue weighted by Gasteiger charge is -2.29. The van der Waals surface area contributed by atoms with E-state index in [-0.39, 0.29) is 11.3 Å². The van der Waals surface area contributed by atoms with Gasteiger partial charge in [0, 0.05) is 11.8 Å². The zero-order chi connectivity index (χ0) is 15.1.